The number of H-pyrrole nitrogens is 1. The van der Waals surface area contributed by atoms with E-state index >= 15 is 0 Å². The molecule has 0 aromatic carbocycles. The molecule has 84 valence electrons. The molecule has 0 atom stereocenters. The molecular weight excluding hydrogens is 216 g/mol. The second-order valence-corrected chi connectivity index (χ2v) is 5.27. The summed E-state index contributed by atoms with van der Waals surface area (Å²) >= 11 is 0. The molecule has 0 bridgehead atoms. The van der Waals surface area contributed by atoms with E-state index in [0.717, 1.165) is 18.5 Å². The molecule has 0 amide bonds. The van der Waals surface area contributed by atoms with Gasteiger partial charge in [0.05, 0.1) is 12.2 Å². The lowest BCUT2D eigenvalue weighted by Crippen LogP contribution is -2.38. The molecule has 0 saturated carbocycles. The zero-order valence-corrected chi connectivity index (χ0v) is 9.13. The molecule has 2 N–H and O–H groups in total. The first-order valence-electron chi connectivity index (χ1n) is 4.91. The van der Waals surface area contributed by atoms with Crippen molar-refractivity contribution in [1.29, 1.82) is 0 Å². The van der Waals surface area contributed by atoms with Crippen LogP contribution in [0.5, 0.6) is 0 Å². The number of nitrogens with zero attached hydrogens (tertiary/aromatic N) is 2. The van der Waals surface area contributed by atoms with Gasteiger partial charge in [-0.05, 0) is 18.9 Å². The standard InChI is InChI=1S/C8H14N4O2S/c13-15(14,12-5-1-2-6-12)10-7-8-3-4-9-11-8/h3-4,10H,1-2,5-7H2,(H,9,11). The molecule has 2 rings (SSSR count). The minimum absolute atomic E-state index is 0.263. The molecule has 0 aliphatic carbocycles. The van der Waals surface area contributed by atoms with Crippen LogP contribution >= 0.6 is 0 Å². The van der Waals surface area contributed by atoms with Gasteiger partial charge in [-0.1, -0.05) is 0 Å². The lowest BCUT2D eigenvalue weighted by atomic mass is 10.4. The molecule has 1 fully saturated rings. The Morgan fingerprint density at radius 3 is 2.80 bits per heavy atom. The van der Waals surface area contributed by atoms with Crippen LogP contribution in [0.25, 0.3) is 0 Å². The summed E-state index contributed by atoms with van der Waals surface area (Å²) in [6, 6.07) is 1.74. The third-order valence-corrected chi connectivity index (χ3v) is 3.96. The zero-order chi connectivity index (χ0) is 10.7. The average molecular weight is 230 g/mol. The number of aromatic nitrogens is 2. The van der Waals surface area contributed by atoms with Gasteiger partial charge >= 0.3 is 0 Å². The van der Waals surface area contributed by atoms with Crippen molar-refractivity contribution in [2.24, 2.45) is 0 Å². The first-order chi connectivity index (χ1) is 7.18. The summed E-state index contributed by atoms with van der Waals surface area (Å²) in [7, 11) is -3.30. The van der Waals surface area contributed by atoms with Crippen LogP contribution in [0.3, 0.4) is 0 Å². The van der Waals surface area contributed by atoms with Gasteiger partial charge in [-0.15, -0.1) is 0 Å². The molecular formula is C8H14N4O2S. The summed E-state index contributed by atoms with van der Waals surface area (Å²) in [5.74, 6) is 0. The van der Waals surface area contributed by atoms with Crippen LogP contribution in [-0.2, 0) is 16.8 Å². The summed E-state index contributed by atoms with van der Waals surface area (Å²) in [5, 5.41) is 6.45. The van der Waals surface area contributed by atoms with E-state index < -0.39 is 10.2 Å². The number of hydrogen-bond donors (Lipinski definition) is 2. The monoisotopic (exact) mass is 230 g/mol. The predicted octanol–water partition coefficient (Wildman–Crippen LogP) is -0.160. The molecule has 0 unspecified atom stereocenters. The summed E-state index contributed by atoms with van der Waals surface area (Å²) < 4.78 is 27.4. The van der Waals surface area contributed by atoms with Crippen molar-refractivity contribution in [3.05, 3.63) is 18.0 Å². The fourth-order valence-corrected chi connectivity index (χ4v) is 2.83. The van der Waals surface area contributed by atoms with Gasteiger partial charge in [0.2, 0.25) is 0 Å². The molecule has 6 nitrogen and oxygen atoms in total. The van der Waals surface area contributed by atoms with Crippen molar-refractivity contribution in [2.45, 2.75) is 19.4 Å². The molecule has 1 aliphatic heterocycles. The van der Waals surface area contributed by atoms with E-state index in [1.165, 1.54) is 4.31 Å². The minimum Gasteiger partial charge on any atom is -0.281 e. The van der Waals surface area contributed by atoms with E-state index in [1.807, 2.05) is 0 Å². The van der Waals surface area contributed by atoms with E-state index in [2.05, 4.69) is 14.9 Å². The molecule has 15 heavy (non-hydrogen) atoms. The van der Waals surface area contributed by atoms with Gasteiger partial charge in [0, 0.05) is 19.3 Å². The Bertz CT molecular complexity index is 394. The normalized spacial score (nSPS) is 18.4. The summed E-state index contributed by atoms with van der Waals surface area (Å²) in [6.45, 7) is 1.51. The highest BCUT2D eigenvalue weighted by atomic mass is 32.2. The molecule has 1 saturated heterocycles. The average Bonchev–Trinajstić information content (AvgIpc) is 2.88. The van der Waals surface area contributed by atoms with E-state index in [9.17, 15) is 8.42 Å². The molecule has 2 heterocycles. The molecule has 0 radical (unpaired) electrons. The third kappa shape index (κ3) is 2.55. The Kier molecular flexibility index (Phi) is 3.03. The van der Waals surface area contributed by atoms with Gasteiger partial charge in [-0.25, -0.2) is 0 Å². The number of nitrogens with one attached hydrogen (secondary N) is 2. The predicted molar refractivity (Wildman–Crippen MR) is 55.2 cm³/mol. The molecule has 1 aromatic rings. The zero-order valence-electron chi connectivity index (χ0n) is 8.31. The van der Waals surface area contributed by atoms with Crippen LogP contribution in [0.15, 0.2) is 12.3 Å². The van der Waals surface area contributed by atoms with Gasteiger partial charge < -0.3 is 0 Å². The minimum atomic E-state index is -3.30. The number of rotatable bonds is 4. The lowest BCUT2D eigenvalue weighted by molar-refractivity contribution is 0.464. The van der Waals surface area contributed by atoms with Crippen LogP contribution in [0, 0.1) is 0 Å². The summed E-state index contributed by atoms with van der Waals surface area (Å²) in [4.78, 5) is 0. The van der Waals surface area contributed by atoms with Crippen LogP contribution in [0.4, 0.5) is 0 Å². The van der Waals surface area contributed by atoms with Gasteiger partial charge in [0.25, 0.3) is 10.2 Å². The Morgan fingerprint density at radius 2 is 2.20 bits per heavy atom. The van der Waals surface area contributed by atoms with Crippen LogP contribution in [-0.4, -0.2) is 36.0 Å². The highest BCUT2D eigenvalue weighted by molar-refractivity contribution is 7.87. The third-order valence-electron chi connectivity index (χ3n) is 2.41. The number of aromatic amines is 1. The van der Waals surface area contributed by atoms with Crippen molar-refractivity contribution in [2.75, 3.05) is 13.1 Å². The van der Waals surface area contributed by atoms with Gasteiger partial charge in [-0.3, -0.25) is 5.10 Å². The second-order valence-electron chi connectivity index (χ2n) is 3.51. The Labute approximate surface area is 88.9 Å². The van der Waals surface area contributed by atoms with Crippen molar-refractivity contribution in [3.63, 3.8) is 0 Å². The SMILES string of the molecule is O=S(=O)(NCc1ccn[nH]1)N1CCCC1. The topological polar surface area (TPSA) is 78.1 Å². The number of hydrogen-bond acceptors (Lipinski definition) is 3. The van der Waals surface area contributed by atoms with Crippen LogP contribution in [0.2, 0.25) is 0 Å². The van der Waals surface area contributed by atoms with E-state index in [-0.39, 0.29) is 6.54 Å². The van der Waals surface area contributed by atoms with Crippen molar-refractivity contribution >= 4 is 10.2 Å². The second kappa shape index (κ2) is 4.30. The van der Waals surface area contributed by atoms with Crippen molar-refractivity contribution in [1.82, 2.24) is 19.2 Å². The largest absolute Gasteiger partial charge is 0.281 e. The van der Waals surface area contributed by atoms with Crippen LogP contribution < -0.4 is 4.72 Å². The lowest BCUT2D eigenvalue weighted by Gasteiger charge is -2.15. The maximum Gasteiger partial charge on any atom is 0.279 e. The Hall–Kier alpha value is -0.920. The quantitative estimate of drug-likeness (QED) is 0.754. The van der Waals surface area contributed by atoms with Crippen LogP contribution in [0.1, 0.15) is 18.5 Å². The first kappa shape index (κ1) is 10.6. The Balaban J connectivity index is 1.93. The van der Waals surface area contributed by atoms with Gasteiger partial charge in [0.1, 0.15) is 0 Å². The Morgan fingerprint density at radius 1 is 1.47 bits per heavy atom. The smallest absolute Gasteiger partial charge is 0.279 e. The van der Waals surface area contributed by atoms with Crippen molar-refractivity contribution in [3.8, 4) is 0 Å². The fourth-order valence-electron chi connectivity index (χ4n) is 1.57. The fraction of sp³-hybridized carbons (Fsp3) is 0.625. The van der Waals surface area contributed by atoms with Crippen molar-refractivity contribution < 1.29 is 8.42 Å². The molecule has 1 aromatic heterocycles. The molecule has 7 heteroatoms. The van der Waals surface area contributed by atoms with E-state index in [0.29, 0.717) is 13.1 Å². The summed E-state index contributed by atoms with van der Waals surface area (Å²) in [6.07, 6.45) is 3.50. The summed E-state index contributed by atoms with van der Waals surface area (Å²) in [5.41, 5.74) is 0.762. The highest BCUT2D eigenvalue weighted by Gasteiger charge is 2.24. The molecule has 0 spiro atoms. The van der Waals surface area contributed by atoms with E-state index in [4.69, 9.17) is 0 Å². The van der Waals surface area contributed by atoms with E-state index in [1.54, 1.807) is 12.3 Å². The highest BCUT2D eigenvalue weighted by Crippen LogP contribution is 2.11. The first-order valence-corrected chi connectivity index (χ1v) is 6.35. The maximum atomic E-state index is 11.7. The van der Waals surface area contributed by atoms with Gasteiger partial charge in [-0.2, -0.15) is 22.5 Å². The van der Waals surface area contributed by atoms with Gasteiger partial charge in [0.15, 0.2) is 0 Å². The maximum absolute atomic E-state index is 11.7. The molecule has 1 aliphatic rings.